The number of carbonyl (C=O) groups is 1. The highest BCUT2D eigenvalue weighted by atomic mass is 16.1. The lowest BCUT2D eigenvalue weighted by Crippen LogP contribution is -2.38. The van der Waals surface area contributed by atoms with Crippen LogP contribution in [0.1, 0.15) is 74.6 Å². The number of carbonyl (C=O) groups excluding carboxylic acids is 1. The van der Waals surface area contributed by atoms with E-state index in [1.807, 2.05) is 32.0 Å². The second kappa shape index (κ2) is 10.00. The minimum Gasteiger partial charge on any atom is -0.350 e. The van der Waals surface area contributed by atoms with Crippen LogP contribution in [0, 0.1) is 0 Å². The molecule has 8 nitrogen and oxygen atoms in total. The molecule has 3 heterocycles. The van der Waals surface area contributed by atoms with E-state index in [1.165, 1.54) is 11.1 Å². The van der Waals surface area contributed by atoms with Crippen molar-refractivity contribution in [3.8, 4) is 0 Å². The van der Waals surface area contributed by atoms with Crippen molar-refractivity contribution in [2.24, 2.45) is 0 Å². The molecule has 0 radical (unpaired) electrons. The van der Waals surface area contributed by atoms with Gasteiger partial charge in [0.25, 0.3) is 5.91 Å². The average Bonchev–Trinajstić information content (AvgIpc) is 2.78. The normalized spacial score (nSPS) is 14.5. The summed E-state index contributed by atoms with van der Waals surface area (Å²) in [4.78, 5) is 26.6. The van der Waals surface area contributed by atoms with E-state index in [4.69, 9.17) is 0 Å². The molecule has 1 aliphatic heterocycles. The van der Waals surface area contributed by atoms with E-state index in [0.717, 1.165) is 24.5 Å². The number of amides is 1. The fourth-order valence-electron chi connectivity index (χ4n) is 4.22. The number of benzene rings is 1. The zero-order chi connectivity index (χ0) is 25.2. The Morgan fingerprint density at radius 2 is 1.86 bits per heavy atom. The monoisotopic (exact) mass is 473 g/mol. The number of aromatic nitrogens is 3. The molecule has 0 bridgehead atoms. The van der Waals surface area contributed by atoms with Crippen molar-refractivity contribution < 1.29 is 4.79 Å². The van der Waals surface area contributed by atoms with Crippen LogP contribution < -0.4 is 21.3 Å². The predicted octanol–water partition coefficient (Wildman–Crippen LogP) is 5.00. The Bertz CT molecular complexity index is 1220. The van der Waals surface area contributed by atoms with E-state index in [2.05, 4.69) is 82.1 Å². The van der Waals surface area contributed by atoms with Gasteiger partial charge in [0.05, 0.1) is 0 Å². The summed E-state index contributed by atoms with van der Waals surface area (Å²) in [5, 5.41) is 12.9. The largest absolute Gasteiger partial charge is 0.350 e. The summed E-state index contributed by atoms with van der Waals surface area (Å²) >= 11 is 0. The Balaban J connectivity index is 1.65. The second-order valence-corrected chi connectivity index (χ2v) is 10.3. The summed E-state index contributed by atoms with van der Waals surface area (Å²) in [6.07, 6.45) is 1.55. The van der Waals surface area contributed by atoms with Gasteiger partial charge in [-0.15, -0.1) is 0 Å². The van der Waals surface area contributed by atoms with Gasteiger partial charge in [-0.05, 0) is 55.2 Å². The van der Waals surface area contributed by atoms with Gasteiger partial charge in [-0.1, -0.05) is 39.8 Å². The average molecular weight is 474 g/mol. The highest BCUT2D eigenvalue weighted by Crippen LogP contribution is 2.32. The van der Waals surface area contributed by atoms with Gasteiger partial charge in [-0.25, -0.2) is 9.97 Å². The number of pyridine rings is 1. The van der Waals surface area contributed by atoms with Gasteiger partial charge in [-0.2, -0.15) is 4.98 Å². The molecule has 0 spiro atoms. The number of hydrogen-bond acceptors (Lipinski definition) is 7. The highest BCUT2D eigenvalue weighted by molar-refractivity contribution is 5.99. The third-order valence-electron chi connectivity index (χ3n) is 6.03. The number of nitrogens with zero attached hydrogens (tertiary/aromatic N) is 3. The van der Waals surface area contributed by atoms with Crippen LogP contribution in [-0.4, -0.2) is 33.4 Å². The minimum atomic E-state index is -0.240. The number of fused-ring (bicyclic) bond motifs is 1. The molecule has 0 atom stereocenters. The fourth-order valence-corrected chi connectivity index (χ4v) is 4.22. The zero-order valence-electron chi connectivity index (χ0n) is 21.4. The SMILES string of the molecule is CC(C)NC(=O)c1cnc(Nc2ccc3c(c2)CNCC3(C)C)nc1Nc1cccc(C(C)C)n1. The van der Waals surface area contributed by atoms with Crippen molar-refractivity contribution in [3.05, 3.63) is 65.0 Å². The van der Waals surface area contributed by atoms with Gasteiger partial charge in [0.1, 0.15) is 17.2 Å². The third-order valence-corrected chi connectivity index (χ3v) is 6.03. The number of hydrogen-bond donors (Lipinski definition) is 4. The quantitative estimate of drug-likeness (QED) is 0.383. The van der Waals surface area contributed by atoms with Crippen LogP contribution in [0.4, 0.5) is 23.3 Å². The lowest BCUT2D eigenvalue weighted by Gasteiger charge is -2.33. The Kier molecular flexibility index (Phi) is 7.03. The Labute approximate surface area is 207 Å². The molecule has 8 heteroatoms. The molecule has 184 valence electrons. The standard InChI is InChI=1S/C27H35N7O/c1-16(2)22-8-7-9-23(32-22)33-24-20(25(35)30-17(3)4)14-29-26(34-24)31-19-10-11-21-18(12-19)13-28-15-27(21,5)6/h7-12,14,16-17,28H,13,15H2,1-6H3,(H,30,35)(H2,29,31,32,33,34). The van der Waals surface area contributed by atoms with Crippen LogP contribution in [0.2, 0.25) is 0 Å². The molecule has 0 saturated carbocycles. The molecule has 1 aromatic carbocycles. The Hall–Kier alpha value is -3.52. The Morgan fingerprint density at radius 1 is 1.06 bits per heavy atom. The first-order valence-corrected chi connectivity index (χ1v) is 12.2. The van der Waals surface area contributed by atoms with Crippen molar-refractivity contribution in [3.63, 3.8) is 0 Å². The van der Waals surface area contributed by atoms with Gasteiger partial charge in [0.2, 0.25) is 5.95 Å². The molecular formula is C27H35N7O. The molecular weight excluding hydrogens is 438 g/mol. The van der Waals surface area contributed by atoms with Crippen molar-refractivity contribution in [1.82, 2.24) is 25.6 Å². The summed E-state index contributed by atoms with van der Waals surface area (Å²) in [5.74, 6) is 1.47. The second-order valence-electron chi connectivity index (χ2n) is 10.3. The molecule has 0 fully saturated rings. The zero-order valence-corrected chi connectivity index (χ0v) is 21.4. The maximum atomic E-state index is 12.9. The van der Waals surface area contributed by atoms with E-state index in [-0.39, 0.29) is 23.3 Å². The summed E-state index contributed by atoms with van der Waals surface area (Å²) in [5.41, 5.74) is 4.91. The molecule has 0 saturated heterocycles. The van der Waals surface area contributed by atoms with Crippen LogP contribution in [-0.2, 0) is 12.0 Å². The van der Waals surface area contributed by atoms with Crippen LogP contribution in [0.15, 0.2) is 42.6 Å². The smallest absolute Gasteiger partial charge is 0.256 e. The fraction of sp³-hybridized carbons (Fsp3) is 0.407. The van der Waals surface area contributed by atoms with Gasteiger partial charge in [0.15, 0.2) is 0 Å². The first-order valence-electron chi connectivity index (χ1n) is 12.2. The first kappa shape index (κ1) is 24.6. The summed E-state index contributed by atoms with van der Waals surface area (Å²) in [6.45, 7) is 14.3. The third kappa shape index (κ3) is 5.77. The molecule has 4 N–H and O–H groups in total. The van der Waals surface area contributed by atoms with Gasteiger partial charge in [0, 0.05) is 42.1 Å². The first-order chi connectivity index (χ1) is 16.6. The minimum absolute atomic E-state index is 0.0103. The van der Waals surface area contributed by atoms with Crippen molar-refractivity contribution in [2.75, 3.05) is 17.2 Å². The highest BCUT2D eigenvalue weighted by Gasteiger charge is 2.27. The molecule has 1 amide bonds. The van der Waals surface area contributed by atoms with Crippen LogP contribution >= 0.6 is 0 Å². The molecule has 3 aromatic rings. The van der Waals surface area contributed by atoms with Crippen molar-refractivity contribution in [2.45, 2.75) is 65.5 Å². The van der Waals surface area contributed by atoms with Gasteiger partial charge in [-0.3, -0.25) is 4.79 Å². The summed E-state index contributed by atoms with van der Waals surface area (Å²) < 4.78 is 0. The summed E-state index contributed by atoms with van der Waals surface area (Å²) in [6, 6.07) is 12.1. The van der Waals surface area contributed by atoms with Crippen molar-refractivity contribution >= 4 is 29.2 Å². The molecule has 35 heavy (non-hydrogen) atoms. The van der Waals surface area contributed by atoms with E-state index in [0.29, 0.717) is 23.1 Å². The Morgan fingerprint density at radius 3 is 2.60 bits per heavy atom. The van der Waals surface area contributed by atoms with E-state index in [9.17, 15) is 4.79 Å². The predicted molar refractivity (Wildman–Crippen MR) is 141 cm³/mol. The number of rotatable bonds is 7. The topological polar surface area (TPSA) is 104 Å². The maximum Gasteiger partial charge on any atom is 0.256 e. The molecule has 0 unspecified atom stereocenters. The molecule has 0 aliphatic carbocycles. The van der Waals surface area contributed by atoms with E-state index in [1.54, 1.807) is 6.20 Å². The lowest BCUT2D eigenvalue weighted by atomic mass is 9.79. The number of anilines is 4. The van der Waals surface area contributed by atoms with Crippen LogP contribution in [0.5, 0.6) is 0 Å². The van der Waals surface area contributed by atoms with Crippen LogP contribution in [0.3, 0.4) is 0 Å². The van der Waals surface area contributed by atoms with E-state index < -0.39 is 0 Å². The van der Waals surface area contributed by atoms with Crippen molar-refractivity contribution in [1.29, 1.82) is 0 Å². The molecule has 4 rings (SSSR count). The van der Waals surface area contributed by atoms with Crippen LogP contribution in [0.25, 0.3) is 0 Å². The van der Waals surface area contributed by atoms with E-state index >= 15 is 0 Å². The molecule has 1 aliphatic rings. The summed E-state index contributed by atoms with van der Waals surface area (Å²) in [7, 11) is 0. The molecule has 2 aromatic heterocycles. The van der Waals surface area contributed by atoms with Gasteiger partial charge >= 0.3 is 0 Å². The number of nitrogens with one attached hydrogen (secondary N) is 4. The van der Waals surface area contributed by atoms with Gasteiger partial charge < -0.3 is 21.3 Å². The maximum absolute atomic E-state index is 12.9. The lowest BCUT2D eigenvalue weighted by molar-refractivity contribution is 0.0943.